The summed E-state index contributed by atoms with van der Waals surface area (Å²) in [4.78, 5) is 0. The minimum Gasteiger partial charge on any atom is -0.236 e. The number of hydrogen-bond donors (Lipinski definition) is 0. The third-order valence-corrected chi connectivity index (χ3v) is 3.59. The Hall–Kier alpha value is -0.220. The van der Waals surface area contributed by atoms with E-state index in [2.05, 4.69) is 11.2 Å². The van der Waals surface area contributed by atoms with Crippen LogP contribution in [0, 0.1) is 6.07 Å². The van der Waals surface area contributed by atoms with Crippen LogP contribution < -0.4 is 0 Å². The highest BCUT2D eigenvalue weighted by molar-refractivity contribution is 7.20. The molecule has 0 aliphatic heterocycles. The van der Waals surface area contributed by atoms with Crippen molar-refractivity contribution in [1.82, 2.24) is 9.78 Å². The fourth-order valence-corrected chi connectivity index (χ4v) is 2.80. The van der Waals surface area contributed by atoms with Gasteiger partial charge in [0.1, 0.15) is 14.4 Å². The number of thiophene rings is 1. The molecule has 79 valence electrons. The summed E-state index contributed by atoms with van der Waals surface area (Å²) in [5.41, 5.74) is 1.48. The second-order valence-electron chi connectivity index (χ2n) is 2.84. The first-order valence-corrected chi connectivity index (χ1v) is 6.18. The maximum Gasteiger partial charge on any atom is 0.121 e. The van der Waals surface area contributed by atoms with Gasteiger partial charge in [-0.25, -0.2) is 4.68 Å². The summed E-state index contributed by atoms with van der Waals surface area (Å²) in [5, 5.41) is 4.92. The Labute approximate surface area is 106 Å². The predicted molar refractivity (Wildman–Crippen MR) is 64.7 cm³/mol. The van der Waals surface area contributed by atoms with E-state index < -0.39 is 0 Å². The molecule has 0 fully saturated rings. The van der Waals surface area contributed by atoms with Gasteiger partial charge in [-0.1, -0.05) is 41.7 Å². The van der Waals surface area contributed by atoms with Gasteiger partial charge in [-0.05, 0) is 6.42 Å². The first-order chi connectivity index (χ1) is 7.11. The van der Waals surface area contributed by atoms with Gasteiger partial charge in [-0.2, -0.15) is 5.10 Å². The van der Waals surface area contributed by atoms with Gasteiger partial charge in [-0.3, -0.25) is 0 Å². The Kier molecular flexibility index (Phi) is 3.26. The van der Waals surface area contributed by atoms with Gasteiger partial charge in [-0.15, -0.1) is 11.3 Å². The highest BCUT2D eigenvalue weighted by Crippen LogP contribution is 2.33. The second kappa shape index (κ2) is 4.34. The molecule has 2 aromatic rings. The van der Waals surface area contributed by atoms with Crippen LogP contribution in [0.25, 0.3) is 5.69 Å². The summed E-state index contributed by atoms with van der Waals surface area (Å²) in [6, 6.07) is 2.92. The van der Waals surface area contributed by atoms with Crippen molar-refractivity contribution in [3.05, 3.63) is 31.7 Å². The predicted octanol–water partition coefficient (Wildman–Crippen LogP) is 4.26. The molecule has 0 aliphatic carbocycles. The first-order valence-electron chi connectivity index (χ1n) is 4.23. The Bertz CT molecular complexity index is 490. The van der Waals surface area contributed by atoms with Crippen molar-refractivity contribution in [2.24, 2.45) is 0 Å². The van der Waals surface area contributed by atoms with Crippen LogP contribution in [0.3, 0.4) is 0 Å². The van der Waals surface area contributed by atoms with Crippen molar-refractivity contribution in [3.8, 4) is 5.69 Å². The molecule has 0 spiro atoms. The van der Waals surface area contributed by atoms with E-state index >= 15 is 0 Å². The molecule has 0 unspecified atom stereocenters. The largest absolute Gasteiger partial charge is 0.236 e. The molecule has 0 saturated carbocycles. The Morgan fingerprint density at radius 1 is 1.47 bits per heavy atom. The van der Waals surface area contributed by atoms with Crippen molar-refractivity contribution in [2.45, 2.75) is 13.3 Å². The molecular formula is C9H6Cl3N2S. The summed E-state index contributed by atoms with van der Waals surface area (Å²) in [5.74, 6) is 0. The number of hydrogen-bond acceptors (Lipinski definition) is 2. The van der Waals surface area contributed by atoms with Crippen molar-refractivity contribution in [3.63, 3.8) is 0 Å². The van der Waals surface area contributed by atoms with Crippen molar-refractivity contribution < 1.29 is 0 Å². The van der Waals surface area contributed by atoms with Crippen LogP contribution in [0.4, 0.5) is 0 Å². The van der Waals surface area contributed by atoms with Crippen LogP contribution in [-0.4, -0.2) is 9.78 Å². The monoisotopic (exact) mass is 279 g/mol. The zero-order valence-electron chi connectivity index (χ0n) is 7.72. The van der Waals surface area contributed by atoms with Crippen molar-refractivity contribution in [2.75, 3.05) is 0 Å². The highest BCUT2D eigenvalue weighted by Gasteiger charge is 2.12. The fraction of sp³-hybridized carbons (Fsp3) is 0.222. The van der Waals surface area contributed by atoms with Crippen molar-refractivity contribution in [1.29, 1.82) is 0 Å². The molecule has 0 aliphatic rings. The van der Waals surface area contributed by atoms with E-state index in [0.29, 0.717) is 19.4 Å². The zero-order chi connectivity index (χ0) is 11.0. The number of aryl methyl sites for hydroxylation is 1. The molecule has 2 heterocycles. The Morgan fingerprint density at radius 2 is 2.20 bits per heavy atom. The summed E-state index contributed by atoms with van der Waals surface area (Å²) in [6.45, 7) is 1.99. The van der Waals surface area contributed by atoms with E-state index in [0.717, 1.165) is 12.1 Å². The number of nitrogens with zero attached hydrogens (tertiary/aromatic N) is 2. The molecule has 2 nitrogen and oxygen atoms in total. The van der Waals surface area contributed by atoms with Gasteiger partial charge >= 0.3 is 0 Å². The average Bonchev–Trinajstić information content (AvgIpc) is 2.69. The lowest BCUT2D eigenvalue weighted by atomic mass is 10.3. The standard InChI is InChI=1S/C9H6Cl3N2S/c1-2-6-5(10)4-14(13-6)7-3-8(11)15-9(7)12/h4H,2H2,1H3. The maximum absolute atomic E-state index is 5.98. The SMILES string of the molecule is CCc1nn(-c2[c]c(Cl)sc2Cl)cc1Cl. The van der Waals surface area contributed by atoms with Gasteiger partial charge in [0.15, 0.2) is 0 Å². The molecule has 6 heteroatoms. The highest BCUT2D eigenvalue weighted by atomic mass is 35.5. The fourth-order valence-electron chi connectivity index (χ4n) is 1.18. The van der Waals surface area contributed by atoms with Crippen LogP contribution in [0.2, 0.25) is 13.7 Å². The molecule has 2 rings (SSSR count). The van der Waals surface area contributed by atoms with Gasteiger partial charge in [0.05, 0.1) is 10.7 Å². The lowest BCUT2D eigenvalue weighted by molar-refractivity contribution is 0.844. The molecule has 0 saturated heterocycles. The Morgan fingerprint density at radius 3 is 2.67 bits per heavy atom. The molecule has 1 radical (unpaired) electrons. The third-order valence-electron chi connectivity index (χ3n) is 1.89. The van der Waals surface area contributed by atoms with Crippen LogP contribution in [0.15, 0.2) is 6.20 Å². The molecule has 0 N–H and O–H groups in total. The van der Waals surface area contributed by atoms with Crippen molar-refractivity contribution >= 4 is 46.1 Å². The lowest BCUT2D eigenvalue weighted by Crippen LogP contribution is -1.94. The van der Waals surface area contributed by atoms with E-state index in [-0.39, 0.29) is 0 Å². The lowest BCUT2D eigenvalue weighted by Gasteiger charge is -1.95. The number of aromatic nitrogens is 2. The van der Waals surface area contributed by atoms with Crippen LogP contribution in [0.1, 0.15) is 12.6 Å². The minimum absolute atomic E-state index is 0.514. The van der Waals surface area contributed by atoms with E-state index in [1.54, 1.807) is 10.9 Å². The summed E-state index contributed by atoms with van der Waals surface area (Å²) in [6.07, 6.45) is 2.49. The van der Waals surface area contributed by atoms with E-state index in [4.69, 9.17) is 34.8 Å². The van der Waals surface area contributed by atoms with Gasteiger partial charge in [0.2, 0.25) is 0 Å². The first kappa shape index (κ1) is 11.3. The summed E-state index contributed by atoms with van der Waals surface area (Å²) in [7, 11) is 0. The molecule has 0 amide bonds. The maximum atomic E-state index is 5.98. The van der Waals surface area contributed by atoms with Crippen LogP contribution in [-0.2, 0) is 6.42 Å². The van der Waals surface area contributed by atoms with Gasteiger partial charge in [0.25, 0.3) is 0 Å². The molecule has 2 aromatic heterocycles. The van der Waals surface area contributed by atoms with Crippen LogP contribution >= 0.6 is 46.1 Å². The van der Waals surface area contributed by atoms with Gasteiger partial charge in [0, 0.05) is 12.3 Å². The van der Waals surface area contributed by atoms with Gasteiger partial charge < -0.3 is 0 Å². The minimum atomic E-state index is 0.514. The summed E-state index contributed by atoms with van der Waals surface area (Å²) >= 11 is 19.0. The second-order valence-corrected chi connectivity index (χ2v) is 5.48. The number of rotatable bonds is 2. The summed E-state index contributed by atoms with van der Waals surface area (Å²) < 4.78 is 2.67. The molecule has 0 atom stereocenters. The average molecular weight is 281 g/mol. The van der Waals surface area contributed by atoms with E-state index in [1.807, 2.05) is 6.92 Å². The Balaban J connectivity index is 2.49. The smallest absolute Gasteiger partial charge is 0.121 e. The number of halogens is 3. The molecule has 0 bridgehead atoms. The molecular weight excluding hydrogens is 275 g/mol. The quantitative estimate of drug-likeness (QED) is 0.804. The van der Waals surface area contributed by atoms with E-state index in [1.165, 1.54) is 11.3 Å². The van der Waals surface area contributed by atoms with Crippen LogP contribution in [0.5, 0.6) is 0 Å². The normalized spacial score (nSPS) is 10.9. The topological polar surface area (TPSA) is 17.8 Å². The third kappa shape index (κ3) is 2.16. The molecule has 15 heavy (non-hydrogen) atoms. The molecule has 0 aromatic carbocycles. The zero-order valence-corrected chi connectivity index (χ0v) is 10.8. The van der Waals surface area contributed by atoms with E-state index in [9.17, 15) is 0 Å².